The summed E-state index contributed by atoms with van der Waals surface area (Å²) in [5.74, 6) is 1.71. The first-order chi connectivity index (χ1) is 8.83. The second kappa shape index (κ2) is 6.26. The Labute approximate surface area is 108 Å². The molecule has 0 unspecified atom stereocenters. The molecule has 0 saturated heterocycles. The molecule has 0 bridgehead atoms. The molecule has 0 aliphatic rings. The molecule has 9 heteroatoms. The van der Waals surface area contributed by atoms with Crippen LogP contribution in [0.4, 0.5) is 5.95 Å². The summed E-state index contributed by atoms with van der Waals surface area (Å²) >= 11 is 1.50. The van der Waals surface area contributed by atoms with Gasteiger partial charge in [0, 0.05) is 19.9 Å². The van der Waals surface area contributed by atoms with Crippen molar-refractivity contribution in [1.29, 1.82) is 0 Å². The van der Waals surface area contributed by atoms with Crippen LogP contribution >= 0.6 is 11.8 Å². The van der Waals surface area contributed by atoms with E-state index in [1.807, 2.05) is 0 Å². The van der Waals surface area contributed by atoms with Gasteiger partial charge in [0.15, 0.2) is 5.16 Å². The van der Waals surface area contributed by atoms with Gasteiger partial charge in [0.05, 0.1) is 6.61 Å². The zero-order valence-corrected chi connectivity index (χ0v) is 10.9. The van der Waals surface area contributed by atoms with E-state index in [9.17, 15) is 0 Å². The molecule has 0 atom stereocenters. The van der Waals surface area contributed by atoms with E-state index in [1.54, 1.807) is 20.5 Å². The Hall–Kier alpha value is -1.74. The first-order valence-corrected chi connectivity index (χ1v) is 6.22. The van der Waals surface area contributed by atoms with Gasteiger partial charge in [-0.05, 0) is 0 Å². The Kier molecular flexibility index (Phi) is 4.42. The highest BCUT2D eigenvalue weighted by Gasteiger charge is 2.08. The number of ether oxygens (including phenoxy) is 1. The highest BCUT2D eigenvalue weighted by Crippen LogP contribution is 2.15. The smallest absolute Gasteiger partial charge is 0.257 e. The van der Waals surface area contributed by atoms with Crippen LogP contribution in [-0.4, -0.2) is 56.2 Å². The summed E-state index contributed by atoms with van der Waals surface area (Å²) in [5.41, 5.74) is 0. The Morgan fingerprint density at radius 3 is 2.94 bits per heavy atom. The SMILES string of the molecule is CNc1nc(SCCOC)nc(-n2cncn2)n1. The molecule has 2 aromatic rings. The fourth-order valence-electron chi connectivity index (χ4n) is 1.15. The van der Waals surface area contributed by atoms with Gasteiger partial charge in [0.2, 0.25) is 5.95 Å². The molecule has 96 valence electrons. The maximum atomic E-state index is 4.99. The first kappa shape index (κ1) is 12.7. The van der Waals surface area contributed by atoms with Crippen LogP contribution in [0.2, 0.25) is 0 Å². The molecule has 0 saturated carbocycles. The molecule has 0 aromatic carbocycles. The normalized spacial score (nSPS) is 10.6. The molecule has 0 fully saturated rings. The summed E-state index contributed by atoms with van der Waals surface area (Å²) in [6.45, 7) is 0.643. The zero-order valence-electron chi connectivity index (χ0n) is 10.1. The third-order valence-electron chi connectivity index (χ3n) is 1.97. The maximum Gasteiger partial charge on any atom is 0.257 e. The number of aromatic nitrogens is 6. The van der Waals surface area contributed by atoms with E-state index in [4.69, 9.17) is 4.74 Å². The van der Waals surface area contributed by atoms with E-state index in [0.717, 1.165) is 5.75 Å². The lowest BCUT2D eigenvalue weighted by molar-refractivity contribution is 0.218. The van der Waals surface area contributed by atoms with Gasteiger partial charge in [-0.1, -0.05) is 11.8 Å². The maximum absolute atomic E-state index is 4.99. The molecule has 0 aliphatic heterocycles. The number of rotatable bonds is 6. The van der Waals surface area contributed by atoms with Crippen LogP contribution in [0.3, 0.4) is 0 Å². The lowest BCUT2D eigenvalue weighted by Crippen LogP contribution is -2.08. The van der Waals surface area contributed by atoms with Crippen molar-refractivity contribution < 1.29 is 4.74 Å². The number of anilines is 1. The lowest BCUT2D eigenvalue weighted by atomic mass is 10.8. The second-order valence-electron chi connectivity index (χ2n) is 3.17. The van der Waals surface area contributed by atoms with Gasteiger partial charge in [-0.2, -0.15) is 24.7 Å². The standard InChI is InChI=1S/C9H13N7OS/c1-10-7-13-8(16-6-11-5-12-16)15-9(14-7)18-4-3-17-2/h5-6H,3-4H2,1-2H3,(H,10,13,14,15). The van der Waals surface area contributed by atoms with E-state index in [2.05, 4.69) is 30.4 Å². The molecule has 2 aromatic heterocycles. The molecule has 18 heavy (non-hydrogen) atoms. The van der Waals surface area contributed by atoms with Gasteiger partial charge in [0.25, 0.3) is 5.95 Å². The third-order valence-corrected chi connectivity index (χ3v) is 2.78. The monoisotopic (exact) mass is 267 g/mol. The zero-order chi connectivity index (χ0) is 12.8. The molecule has 2 rings (SSSR count). The number of methoxy groups -OCH3 is 1. The van der Waals surface area contributed by atoms with Gasteiger partial charge in [-0.25, -0.2) is 4.98 Å². The van der Waals surface area contributed by atoms with Gasteiger partial charge >= 0.3 is 0 Å². The third kappa shape index (κ3) is 3.14. The molecular weight excluding hydrogens is 254 g/mol. The minimum atomic E-state index is 0.437. The molecule has 0 spiro atoms. The molecule has 0 aliphatic carbocycles. The quantitative estimate of drug-likeness (QED) is 0.587. The van der Waals surface area contributed by atoms with Crippen molar-refractivity contribution in [2.24, 2.45) is 0 Å². The van der Waals surface area contributed by atoms with Crippen LogP contribution in [-0.2, 0) is 4.74 Å². The van der Waals surface area contributed by atoms with Gasteiger partial charge in [-0.15, -0.1) is 0 Å². The summed E-state index contributed by atoms with van der Waals surface area (Å²) in [5, 5.41) is 7.50. The van der Waals surface area contributed by atoms with Gasteiger partial charge in [0.1, 0.15) is 12.7 Å². The Morgan fingerprint density at radius 2 is 2.28 bits per heavy atom. The summed E-state index contributed by atoms with van der Waals surface area (Å²) in [4.78, 5) is 16.6. The van der Waals surface area contributed by atoms with E-state index in [0.29, 0.717) is 23.7 Å². The number of hydrogen-bond donors (Lipinski definition) is 1. The van der Waals surface area contributed by atoms with Crippen LogP contribution in [0.5, 0.6) is 0 Å². The van der Waals surface area contributed by atoms with Crippen LogP contribution < -0.4 is 5.32 Å². The van der Waals surface area contributed by atoms with Crippen molar-refractivity contribution in [3.8, 4) is 5.95 Å². The van der Waals surface area contributed by atoms with E-state index < -0.39 is 0 Å². The largest absolute Gasteiger partial charge is 0.384 e. The van der Waals surface area contributed by atoms with Crippen molar-refractivity contribution in [2.75, 3.05) is 31.8 Å². The van der Waals surface area contributed by atoms with Crippen molar-refractivity contribution in [3.63, 3.8) is 0 Å². The van der Waals surface area contributed by atoms with Crippen LogP contribution in [0.25, 0.3) is 5.95 Å². The van der Waals surface area contributed by atoms with E-state index in [-0.39, 0.29) is 0 Å². The summed E-state index contributed by atoms with van der Waals surface area (Å²) in [7, 11) is 3.41. The second-order valence-corrected chi connectivity index (χ2v) is 4.23. The number of nitrogens with one attached hydrogen (secondary N) is 1. The predicted molar refractivity (Wildman–Crippen MR) is 66.9 cm³/mol. The number of hydrogen-bond acceptors (Lipinski definition) is 8. The molecule has 0 radical (unpaired) electrons. The minimum Gasteiger partial charge on any atom is -0.384 e. The molecule has 2 heterocycles. The number of thioether (sulfide) groups is 1. The van der Waals surface area contributed by atoms with Crippen LogP contribution in [0.1, 0.15) is 0 Å². The van der Waals surface area contributed by atoms with Crippen LogP contribution in [0, 0.1) is 0 Å². The van der Waals surface area contributed by atoms with E-state index >= 15 is 0 Å². The molecule has 0 amide bonds. The van der Waals surface area contributed by atoms with Crippen molar-refractivity contribution >= 4 is 17.7 Å². The van der Waals surface area contributed by atoms with Crippen molar-refractivity contribution in [2.45, 2.75) is 5.16 Å². The molecule has 1 N–H and O–H groups in total. The topological polar surface area (TPSA) is 90.6 Å². The van der Waals surface area contributed by atoms with E-state index in [1.165, 1.54) is 22.8 Å². The molecule has 8 nitrogen and oxygen atoms in total. The number of nitrogens with zero attached hydrogens (tertiary/aromatic N) is 6. The van der Waals surface area contributed by atoms with Crippen LogP contribution in [0.15, 0.2) is 17.8 Å². The highest BCUT2D eigenvalue weighted by molar-refractivity contribution is 7.99. The fraction of sp³-hybridized carbons (Fsp3) is 0.444. The minimum absolute atomic E-state index is 0.437. The van der Waals surface area contributed by atoms with Crippen molar-refractivity contribution in [1.82, 2.24) is 29.7 Å². The Balaban J connectivity index is 2.22. The summed E-state index contributed by atoms with van der Waals surface area (Å²) in [6.07, 6.45) is 2.97. The molecular formula is C9H13N7OS. The van der Waals surface area contributed by atoms with Crippen molar-refractivity contribution in [3.05, 3.63) is 12.7 Å². The Morgan fingerprint density at radius 1 is 1.39 bits per heavy atom. The lowest BCUT2D eigenvalue weighted by Gasteiger charge is -2.05. The Bertz CT molecular complexity index is 490. The average molecular weight is 267 g/mol. The fourth-order valence-corrected chi connectivity index (χ4v) is 1.88. The van der Waals surface area contributed by atoms with Gasteiger partial charge < -0.3 is 10.1 Å². The summed E-state index contributed by atoms with van der Waals surface area (Å²) in [6, 6.07) is 0. The average Bonchev–Trinajstić information content (AvgIpc) is 2.92. The predicted octanol–water partition coefficient (Wildman–Crippen LogP) is 0.232. The highest BCUT2D eigenvalue weighted by atomic mass is 32.2. The summed E-state index contributed by atoms with van der Waals surface area (Å²) < 4.78 is 6.48. The van der Waals surface area contributed by atoms with Gasteiger partial charge in [-0.3, -0.25) is 0 Å². The first-order valence-electron chi connectivity index (χ1n) is 5.24.